The number of nitrogen functional groups attached to an aromatic ring is 1. The van der Waals surface area contributed by atoms with Crippen LogP contribution in [0.1, 0.15) is 0 Å². The van der Waals surface area contributed by atoms with Gasteiger partial charge < -0.3 is 20.5 Å². The largest absolute Gasteiger partial charge is 0.497 e. The monoisotopic (exact) mass is 350 g/mol. The fraction of sp³-hybridized carbons (Fsp3) is 0.188. The third kappa shape index (κ3) is 4.74. The number of ether oxygens (including phenoxy) is 2. The summed E-state index contributed by atoms with van der Waals surface area (Å²) in [5.41, 5.74) is 7.06. The van der Waals surface area contributed by atoms with E-state index >= 15 is 0 Å². The number of fused-ring (bicyclic) bond motifs is 1. The Morgan fingerprint density at radius 2 is 1.78 bits per heavy atom. The fourth-order valence-electron chi connectivity index (χ4n) is 1.83. The molecule has 2 aromatic carbocycles. The van der Waals surface area contributed by atoms with E-state index in [9.17, 15) is 4.79 Å². The molecule has 3 rings (SSSR count). The van der Waals surface area contributed by atoms with E-state index in [2.05, 4.69) is 17.9 Å². The summed E-state index contributed by atoms with van der Waals surface area (Å²) in [7, 11) is 3.24. The number of carbonyl (C=O) groups is 1. The Morgan fingerprint density at radius 1 is 1.13 bits per heavy atom. The third-order valence-electron chi connectivity index (χ3n) is 3.06. The predicted octanol–water partition coefficient (Wildman–Crippen LogP) is 3.31. The van der Waals surface area contributed by atoms with Crippen LogP contribution in [0.25, 0.3) is 0 Å². The van der Waals surface area contributed by atoms with Crippen molar-refractivity contribution in [2.24, 2.45) is 0 Å². The molecule has 0 atom stereocenters. The summed E-state index contributed by atoms with van der Waals surface area (Å²) >= 11 is 5.65. The van der Waals surface area contributed by atoms with Crippen molar-refractivity contribution in [1.82, 2.24) is 0 Å². The van der Waals surface area contributed by atoms with Crippen molar-refractivity contribution in [3.8, 4) is 11.5 Å². The summed E-state index contributed by atoms with van der Waals surface area (Å²) < 4.78 is 10.0. The van der Waals surface area contributed by atoms with Gasteiger partial charge in [-0.05, 0) is 36.4 Å². The molecule has 23 heavy (non-hydrogen) atoms. The molecule has 2 aromatic rings. The molecule has 0 radical (unpaired) electrons. The number of carbonyl (C=O) groups excluding carboxylic acids is 1. The van der Waals surface area contributed by atoms with Crippen LogP contribution >= 0.6 is 24.4 Å². The number of nitrogens with one attached hydrogen (secondary N) is 1. The highest BCUT2D eigenvalue weighted by atomic mass is 32.2. The number of thioether (sulfide) groups is 1. The Labute approximate surface area is 145 Å². The Hall–Kier alpha value is -1.99. The van der Waals surface area contributed by atoms with Crippen molar-refractivity contribution in [2.75, 3.05) is 31.0 Å². The Kier molecular flexibility index (Phi) is 6.06. The van der Waals surface area contributed by atoms with E-state index in [1.54, 1.807) is 32.4 Å². The van der Waals surface area contributed by atoms with Crippen molar-refractivity contribution in [2.45, 2.75) is 9.79 Å². The zero-order valence-corrected chi connectivity index (χ0v) is 14.5. The zero-order valence-electron chi connectivity index (χ0n) is 12.8. The molecule has 0 aromatic heterocycles. The fourth-order valence-corrected chi connectivity index (χ4v) is 2.87. The molecule has 0 fully saturated rings. The molecule has 0 aliphatic carbocycles. The maximum Gasteiger partial charge on any atom is 0.234 e. The summed E-state index contributed by atoms with van der Waals surface area (Å²) in [5, 5.41) is 2.80. The van der Waals surface area contributed by atoms with Crippen molar-refractivity contribution in [1.29, 1.82) is 0 Å². The predicted molar refractivity (Wildman–Crippen MR) is 97.0 cm³/mol. The minimum absolute atomic E-state index is 0.0580. The molecule has 0 saturated carbocycles. The second-order valence-electron chi connectivity index (χ2n) is 4.62. The summed E-state index contributed by atoms with van der Waals surface area (Å²) in [5.74, 6) is 2.14. The average molecular weight is 350 g/mol. The summed E-state index contributed by atoms with van der Waals surface area (Å²) in [6.45, 7) is 0. The number of amides is 1. The van der Waals surface area contributed by atoms with Crippen LogP contribution < -0.4 is 20.5 Å². The van der Waals surface area contributed by atoms with Crippen molar-refractivity contribution < 1.29 is 14.3 Å². The van der Waals surface area contributed by atoms with Gasteiger partial charge in [0, 0.05) is 15.5 Å². The molecule has 1 amide bonds. The van der Waals surface area contributed by atoms with E-state index in [1.807, 2.05) is 18.2 Å². The van der Waals surface area contributed by atoms with Gasteiger partial charge in [-0.25, -0.2) is 0 Å². The molecule has 122 valence electrons. The number of hydrogen-bond donors (Lipinski definition) is 3. The van der Waals surface area contributed by atoms with Gasteiger partial charge in [-0.1, -0.05) is 0 Å². The van der Waals surface area contributed by atoms with Crippen LogP contribution in [0, 0.1) is 0 Å². The molecular formula is C16H18N2O3S2. The lowest BCUT2D eigenvalue weighted by Gasteiger charge is -2.16. The smallest absolute Gasteiger partial charge is 0.234 e. The van der Waals surface area contributed by atoms with E-state index in [0.29, 0.717) is 11.4 Å². The topological polar surface area (TPSA) is 73.6 Å². The highest BCUT2D eigenvalue weighted by Crippen LogP contribution is 2.34. The number of methoxy groups -OCH3 is 2. The van der Waals surface area contributed by atoms with Crippen LogP contribution in [-0.2, 0) is 4.79 Å². The van der Waals surface area contributed by atoms with E-state index in [0.717, 1.165) is 27.0 Å². The number of thiol groups is 1. The zero-order chi connectivity index (χ0) is 16.8. The number of anilines is 2. The highest BCUT2D eigenvalue weighted by Gasteiger charge is 2.15. The molecule has 0 saturated heterocycles. The first-order chi connectivity index (χ1) is 11.0. The number of hydrogen-bond acceptors (Lipinski definition) is 6. The summed E-state index contributed by atoms with van der Waals surface area (Å²) in [6, 6.07) is 11.0. The van der Waals surface area contributed by atoms with Crippen molar-refractivity contribution >= 4 is 41.7 Å². The number of nitrogens with two attached hydrogens (primary N) is 1. The van der Waals surface area contributed by atoms with E-state index < -0.39 is 0 Å². The van der Waals surface area contributed by atoms with E-state index in [-0.39, 0.29) is 5.91 Å². The Morgan fingerprint density at radius 3 is 2.43 bits per heavy atom. The second-order valence-corrected chi connectivity index (χ2v) is 6.12. The maximum atomic E-state index is 11.0. The lowest BCUT2D eigenvalue weighted by molar-refractivity contribution is -0.113. The van der Waals surface area contributed by atoms with Crippen LogP contribution in [0.2, 0.25) is 0 Å². The first kappa shape index (κ1) is 17.4. The number of rotatable bonds is 2. The van der Waals surface area contributed by atoms with E-state index in [4.69, 9.17) is 15.2 Å². The van der Waals surface area contributed by atoms with Crippen LogP contribution in [0.5, 0.6) is 11.5 Å². The third-order valence-corrected chi connectivity index (χ3v) is 4.50. The lowest BCUT2D eigenvalue weighted by Crippen LogP contribution is -2.18. The molecule has 1 aliphatic rings. The molecule has 0 bridgehead atoms. The van der Waals surface area contributed by atoms with Crippen LogP contribution in [-0.4, -0.2) is 25.9 Å². The van der Waals surface area contributed by atoms with Gasteiger partial charge in [0.05, 0.1) is 25.7 Å². The van der Waals surface area contributed by atoms with Crippen LogP contribution in [0.15, 0.2) is 46.2 Å². The molecular weight excluding hydrogens is 332 g/mol. The standard InChI is InChI=1S/C9H9NO2S.C7H9NOS/c1-12-6-2-3-7-8(4-6)13-5-9(11)10-7;1-9-5-2-3-6(8)7(10)4-5/h2-4H,5H2,1H3,(H,10,11);2-4,10H,8H2,1H3. The number of benzene rings is 2. The van der Waals surface area contributed by atoms with Gasteiger partial charge in [-0.2, -0.15) is 0 Å². The SMILES string of the molecule is COc1ccc(N)c(S)c1.COc1ccc2c(c1)SCC(=O)N2. The van der Waals surface area contributed by atoms with Crippen LogP contribution in [0.3, 0.4) is 0 Å². The Bertz CT molecular complexity index is 708. The van der Waals surface area contributed by atoms with Gasteiger partial charge >= 0.3 is 0 Å². The summed E-state index contributed by atoms with van der Waals surface area (Å²) in [4.78, 5) is 12.8. The molecule has 3 N–H and O–H groups in total. The molecule has 1 heterocycles. The molecule has 5 nitrogen and oxygen atoms in total. The minimum atomic E-state index is 0.0580. The first-order valence-corrected chi connectivity index (χ1v) is 8.20. The van der Waals surface area contributed by atoms with Crippen molar-refractivity contribution in [3.63, 3.8) is 0 Å². The highest BCUT2D eigenvalue weighted by molar-refractivity contribution is 8.00. The van der Waals surface area contributed by atoms with Gasteiger partial charge in [0.15, 0.2) is 0 Å². The molecule has 0 spiro atoms. The normalized spacial score (nSPS) is 12.4. The maximum absolute atomic E-state index is 11.0. The molecule has 0 unspecified atom stereocenters. The van der Waals surface area contributed by atoms with Gasteiger partial charge in [0.1, 0.15) is 11.5 Å². The minimum Gasteiger partial charge on any atom is -0.497 e. The second kappa shape index (κ2) is 8.03. The van der Waals surface area contributed by atoms with Crippen molar-refractivity contribution in [3.05, 3.63) is 36.4 Å². The van der Waals surface area contributed by atoms with Crippen LogP contribution in [0.4, 0.5) is 11.4 Å². The quantitative estimate of drug-likeness (QED) is 0.572. The average Bonchev–Trinajstić information content (AvgIpc) is 2.57. The van der Waals surface area contributed by atoms with Gasteiger partial charge in [0.25, 0.3) is 0 Å². The summed E-state index contributed by atoms with van der Waals surface area (Å²) in [6.07, 6.45) is 0. The van der Waals surface area contributed by atoms with Gasteiger partial charge in [-0.15, -0.1) is 24.4 Å². The Balaban J connectivity index is 0.000000174. The molecule has 1 aliphatic heterocycles. The van der Waals surface area contributed by atoms with Gasteiger partial charge in [0.2, 0.25) is 5.91 Å². The molecule has 7 heteroatoms. The van der Waals surface area contributed by atoms with E-state index in [1.165, 1.54) is 11.8 Å². The lowest BCUT2D eigenvalue weighted by atomic mass is 10.3. The first-order valence-electron chi connectivity index (χ1n) is 6.76. The van der Waals surface area contributed by atoms with Gasteiger partial charge in [-0.3, -0.25) is 4.79 Å².